The number of hydrogen-bond donors (Lipinski definition) is 1. The van der Waals surface area contributed by atoms with Crippen LogP contribution in [0.1, 0.15) is 17.5 Å². The molecule has 1 aromatic rings. The Labute approximate surface area is 86.8 Å². The molecule has 1 aliphatic carbocycles. The standard InChI is InChI=1S/C11H9ClO2/c12-9-3-4-10-7(5-9)1-2-8(10)6-11(13)14/h3-6H,1-2H2,(H,13,14)/b8-6+. The molecule has 0 aromatic heterocycles. The average molecular weight is 209 g/mol. The van der Waals surface area contributed by atoms with Gasteiger partial charge in [-0.25, -0.2) is 4.79 Å². The summed E-state index contributed by atoms with van der Waals surface area (Å²) in [5.74, 6) is -0.886. The molecule has 0 bridgehead atoms. The van der Waals surface area contributed by atoms with Gasteiger partial charge in [0.05, 0.1) is 0 Å². The van der Waals surface area contributed by atoms with Gasteiger partial charge < -0.3 is 5.11 Å². The number of rotatable bonds is 1. The van der Waals surface area contributed by atoms with Crippen molar-refractivity contribution in [3.05, 3.63) is 40.4 Å². The first kappa shape index (κ1) is 9.28. The normalized spacial score (nSPS) is 17.1. The van der Waals surface area contributed by atoms with Crippen molar-refractivity contribution in [3.63, 3.8) is 0 Å². The Bertz CT molecular complexity index is 421. The molecule has 1 aliphatic rings. The zero-order valence-corrected chi connectivity index (χ0v) is 8.21. The van der Waals surface area contributed by atoms with Crippen molar-refractivity contribution < 1.29 is 9.90 Å². The van der Waals surface area contributed by atoms with E-state index in [4.69, 9.17) is 16.7 Å². The molecule has 0 fully saturated rings. The first-order valence-electron chi connectivity index (χ1n) is 4.39. The van der Waals surface area contributed by atoms with Crippen molar-refractivity contribution in [3.8, 4) is 0 Å². The van der Waals surface area contributed by atoms with Gasteiger partial charge in [0, 0.05) is 11.1 Å². The maximum Gasteiger partial charge on any atom is 0.328 e. The molecule has 0 saturated carbocycles. The number of halogens is 1. The quantitative estimate of drug-likeness (QED) is 0.721. The molecule has 2 rings (SSSR count). The first-order chi connectivity index (χ1) is 6.66. The summed E-state index contributed by atoms with van der Waals surface area (Å²) in [5, 5.41) is 9.36. The maximum atomic E-state index is 10.5. The van der Waals surface area contributed by atoms with Gasteiger partial charge in [0.2, 0.25) is 0 Å². The van der Waals surface area contributed by atoms with E-state index < -0.39 is 5.97 Å². The molecule has 1 aromatic carbocycles. The van der Waals surface area contributed by atoms with Crippen molar-refractivity contribution in [1.29, 1.82) is 0 Å². The molecule has 0 aliphatic heterocycles. The van der Waals surface area contributed by atoms with Crippen LogP contribution in [-0.2, 0) is 11.2 Å². The minimum atomic E-state index is -0.886. The van der Waals surface area contributed by atoms with Crippen LogP contribution in [0.4, 0.5) is 0 Å². The molecule has 0 unspecified atom stereocenters. The lowest BCUT2D eigenvalue weighted by Gasteiger charge is -1.99. The van der Waals surface area contributed by atoms with Gasteiger partial charge in [0.15, 0.2) is 0 Å². The van der Waals surface area contributed by atoms with Gasteiger partial charge >= 0.3 is 5.97 Å². The third-order valence-electron chi connectivity index (χ3n) is 2.37. The summed E-state index contributed by atoms with van der Waals surface area (Å²) in [5.41, 5.74) is 3.06. The number of benzene rings is 1. The molecular formula is C11H9ClO2. The van der Waals surface area contributed by atoms with E-state index in [9.17, 15) is 4.79 Å². The largest absolute Gasteiger partial charge is 0.478 e. The number of allylic oxidation sites excluding steroid dienone is 1. The van der Waals surface area contributed by atoms with Crippen molar-refractivity contribution in [2.24, 2.45) is 0 Å². The molecule has 14 heavy (non-hydrogen) atoms. The molecule has 1 N–H and O–H groups in total. The van der Waals surface area contributed by atoms with Gasteiger partial charge in [-0.05, 0) is 41.7 Å². The fraction of sp³-hybridized carbons (Fsp3) is 0.182. The summed E-state index contributed by atoms with van der Waals surface area (Å²) in [6.45, 7) is 0. The van der Waals surface area contributed by atoms with Crippen molar-refractivity contribution in [1.82, 2.24) is 0 Å². The fourth-order valence-electron chi connectivity index (χ4n) is 1.79. The summed E-state index contributed by atoms with van der Waals surface area (Å²) in [6.07, 6.45) is 2.96. The Morgan fingerprint density at radius 3 is 2.93 bits per heavy atom. The number of aryl methyl sites for hydroxylation is 1. The number of aliphatic carboxylic acids is 1. The van der Waals surface area contributed by atoms with Crippen LogP contribution < -0.4 is 0 Å². The van der Waals surface area contributed by atoms with Crippen LogP contribution in [-0.4, -0.2) is 11.1 Å². The zero-order valence-electron chi connectivity index (χ0n) is 7.46. The minimum absolute atomic E-state index is 0.709. The second kappa shape index (κ2) is 3.46. The summed E-state index contributed by atoms with van der Waals surface area (Å²) in [6, 6.07) is 5.58. The van der Waals surface area contributed by atoms with Crippen LogP contribution in [0.2, 0.25) is 5.02 Å². The predicted molar refractivity (Wildman–Crippen MR) is 55.4 cm³/mol. The third kappa shape index (κ3) is 1.66. The zero-order chi connectivity index (χ0) is 10.1. The lowest BCUT2D eigenvalue weighted by atomic mass is 10.1. The van der Waals surface area contributed by atoms with E-state index in [1.807, 2.05) is 12.1 Å². The van der Waals surface area contributed by atoms with Gasteiger partial charge in [0.1, 0.15) is 0 Å². The first-order valence-corrected chi connectivity index (χ1v) is 4.77. The van der Waals surface area contributed by atoms with Crippen LogP contribution >= 0.6 is 11.6 Å². The molecule has 0 saturated heterocycles. The SMILES string of the molecule is O=C(O)/C=C1\CCc2cc(Cl)ccc21. The van der Waals surface area contributed by atoms with E-state index in [0.717, 1.165) is 29.5 Å². The summed E-state index contributed by atoms with van der Waals surface area (Å²) in [7, 11) is 0. The maximum absolute atomic E-state index is 10.5. The van der Waals surface area contributed by atoms with Crippen LogP contribution in [0.15, 0.2) is 24.3 Å². The van der Waals surface area contributed by atoms with Gasteiger partial charge in [-0.3, -0.25) is 0 Å². The average Bonchev–Trinajstić information content (AvgIpc) is 2.47. The highest BCUT2D eigenvalue weighted by Gasteiger charge is 2.16. The number of fused-ring (bicyclic) bond motifs is 1. The molecule has 0 spiro atoms. The molecule has 0 radical (unpaired) electrons. The Hall–Kier alpha value is -1.28. The number of carboxylic acid groups (broad SMARTS) is 1. The molecule has 0 atom stereocenters. The van der Waals surface area contributed by atoms with E-state index in [-0.39, 0.29) is 0 Å². The molecule has 72 valence electrons. The second-order valence-electron chi connectivity index (χ2n) is 3.31. The summed E-state index contributed by atoms with van der Waals surface area (Å²) >= 11 is 5.84. The van der Waals surface area contributed by atoms with Gasteiger partial charge in [-0.1, -0.05) is 17.7 Å². The number of carbonyl (C=O) groups is 1. The van der Waals surface area contributed by atoms with Crippen LogP contribution in [0.3, 0.4) is 0 Å². The molecule has 2 nitrogen and oxygen atoms in total. The van der Waals surface area contributed by atoms with Gasteiger partial charge in [-0.2, -0.15) is 0 Å². The van der Waals surface area contributed by atoms with Crippen LogP contribution in [0.5, 0.6) is 0 Å². The summed E-state index contributed by atoms with van der Waals surface area (Å²) in [4.78, 5) is 10.5. The Morgan fingerprint density at radius 2 is 2.21 bits per heavy atom. The highest BCUT2D eigenvalue weighted by atomic mass is 35.5. The lowest BCUT2D eigenvalue weighted by molar-refractivity contribution is -0.131. The van der Waals surface area contributed by atoms with Crippen molar-refractivity contribution in [2.75, 3.05) is 0 Å². The minimum Gasteiger partial charge on any atom is -0.478 e. The smallest absolute Gasteiger partial charge is 0.328 e. The monoisotopic (exact) mass is 208 g/mol. The van der Waals surface area contributed by atoms with Crippen LogP contribution in [0, 0.1) is 0 Å². The van der Waals surface area contributed by atoms with E-state index in [2.05, 4.69) is 0 Å². The second-order valence-corrected chi connectivity index (χ2v) is 3.75. The number of hydrogen-bond acceptors (Lipinski definition) is 1. The Kier molecular flexibility index (Phi) is 2.30. The fourth-order valence-corrected chi connectivity index (χ4v) is 1.98. The molecule has 0 heterocycles. The summed E-state index contributed by atoms with van der Waals surface area (Å²) < 4.78 is 0. The van der Waals surface area contributed by atoms with Gasteiger partial charge in [-0.15, -0.1) is 0 Å². The highest BCUT2D eigenvalue weighted by Crippen LogP contribution is 2.33. The predicted octanol–water partition coefficient (Wildman–Crippen LogP) is 2.75. The van der Waals surface area contributed by atoms with Crippen LogP contribution in [0.25, 0.3) is 5.57 Å². The molecular weight excluding hydrogens is 200 g/mol. The molecule has 3 heteroatoms. The highest BCUT2D eigenvalue weighted by molar-refractivity contribution is 6.30. The lowest BCUT2D eigenvalue weighted by Crippen LogP contribution is -1.89. The number of carboxylic acids is 1. The van der Waals surface area contributed by atoms with Crippen molar-refractivity contribution >= 4 is 23.1 Å². The molecule has 0 amide bonds. The topological polar surface area (TPSA) is 37.3 Å². The van der Waals surface area contributed by atoms with E-state index >= 15 is 0 Å². The Morgan fingerprint density at radius 1 is 1.43 bits per heavy atom. The van der Waals surface area contributed by atoms with Crippen molar-refractivity contribution in [2.45, 2.75) is 12.8 Å². The Balaban J connectivity index is 2.45. The third-order valence-corrected chi connectivity index (χ3v) is 2.61. The van der Waals surface area contributed by atoms with E-state index in [0.29, 0.717) is 5.02 Å². The van der Waals surface area contributed by atoms with Gasteiger partial charge in [0.25, 0.3) is 0 Å². The van der Waals surface area contributed by atoms with E-state index in [1.54, 1.807) is 6.07 Å². The van der Waals surface area contributed by atoms with E-state index in [1.165, 1.54) is 6.08 Å².